The Bertz CT molecular complexity index is 1580. The largest absolute Gasteiger partial charge is 0.444 e. The molecule has 15 heteroatoms. The maximum Gasteiger partial charge on any atom is 0.408 e. The van der Waals surface area contributed by atoms with Crippen LogP contribution >= 0.6 is 0 Å². The highest BCUT2D eigenvalue weighted by molar-refractivity contribution is 6.38. The summed E-state index contributed by atoms with van der Waals surface area (Å²) < 4.78 is 11.8. The van der Waals surface area contributed by atoms with Crippen LogP contribution in [0.3, 0.4) is 0 Å². The van der Waals surface area contributed by atoms with Gasteiger partial charge in [-0.25, -0.2) is 4.79 Å². The molecule has 15 nitrogen and oxygen atoms in total. The Labute approximate surface area is 330 Å². The number of alkyl carbamates (subject to hydrolysis) is 1. The molecule has 1 saturated heterocycles. The number of likely N-dealkylation sites (N-methyl/N-ethyl adjacent to an activating group) is 1. The van der Waals surface area contributed by atoms with Crippen LogP contribution < -0.4 is 21.3 Å². The molecule has 0 spiro atoms. The van der Waals surface area contributed by atoms with Crippen molar-refractivity contribution in [3.63, 3.8) is 0 Å². The van der Waals surface area contributed by atoms with Gasteiger partial charge >= 0.3 is 6.09 Å². The molecule has 56 heavy (non-hydrogen) atoms. The zero-order valence-corrected chi connectivity index (χ0v) is 34.3. The van der Waals surface area contributed by atoms with Crippen molar-refractivity contribution in [3.05, 3.63) is 35.9 Å². The lowest BCUT2D eigenvalue weighted by molar-refractivity contribution is -0.144. The van der Waals surface area contributed by atoms with Crippen molar-refractivity contribution >= 4 is 41.4 Å². The molecule has 310 valence electrons. The standard InChI is InChI=1S/C41H62N6O9/c1-40(2,3)55-28-22-30(47(24-28)38(53)33(27-17-13-10-14-18-27)45-39(54)56-41(4,5)6)35(50)43-29(21-25-19-20-25)34(49)36(51)42-23-31(48)44-32(37(52)46(7)8)26-15-11-9-12-16-26/h9,11-12,15-16,25,27-30,32-33H,10,13-14,17-24H2,1-8H3,(H,42,51)(H,43,50)(H,44,48)(H,45,54)/t28?,29?,30?,32?,33-/m0/s1. The van der Waals surface area contributed by atoms with Gasteiger partial charge in [0.1, 0.15) is 23.7 Å². The molecule has 1 heterocycles. The van der Waals surface area contributed by atoms with Gasteiger partial charge in [0.05, 0.1) is 24.3 Å². The minimum Gasteiger partial charge on any atom is -0.444 e. The molecule has 5 atom stereocenters. The normalized spacial score (nSPS) is 20.5. The highest BCUT2D eigenvalue weighted by atomic mass is 16.6. The number of ether oxygens (including phenoxy) is 2. The molecule has 0 aromatic heterocycles. The first-order chi connectivity index (χ1) is 26.2. The number of hydrogen-bond donors (Lipinski definition) is 4. The monoisotopic (exact) mass is 782 g/mol. The van der Waals surface area contributed by atoms with Crippen LogP contribution in [0.1, 0.15) is 111 Å². The number of likely N-dealkylation sites (tertiary alicyclic amines) is 1. The summed E-state index contributed by atoms with van der Waals surface area (Å²) >= 11 is 0. The van der Waals surface area contributed by atoms with Crippen molar-refractivity contribution in [3.8, 4) is 0 Å². The topological polar surface area (TPSA) is 193 Å². The summed E-state index contributed by atoms with van der Waals surface area (Å²) in [5, 5.41) is 10.6. The Kier molecular flexibility index (Phi) is 15.1. The van der Waals surface area contributed by atoms with Crippen LogP contribution in [0.2, 0.25) is 0 Å². The van der Waals surface area contributed by atoms with Crippen molar-refractivity contribution in [2.45, 2.75) is 141 Å². The molecular weight excluding hydrogens is 720 g/mol. The molecule has 6 amide bonds. The number of carbonyl (C=O) groups excluding carboxylic acids is 7. The number of benzene rings is 1. The fourth-order valence-corrected chi connectivity index (χ4v) is 7.33. The zero-order valence-electron chi connectivity index (χ0n) is 34.3. The predicted molar refractivity (Wildman–Crippen MR) is 208 cm³/mol. The van der Waals surface area contributed by atoms with Gasteiger partial charge in [-0.15, -0.1) is 0 Å². The molecule has 0 bridgehead atoms. The Morgan fingerprint density at radius 1 is 0.839 bits per heavy atom. The average Bonchev–Trinajstić information content (AvgIpc) is 3.85. The second kappa shape index (κ2) is 19.1. The van der Waals surface area contributed by atoms with E-state index in [4.69, 9.17) is 9.47 Å². The van der Waals surface area contributed by atoms with Gasteiger partial charge in [-0.2, -0.15) is 0 Å². The molecule has 1 aromatic rings. The number of Topliss-reactive ketones (excluding diaryl/α,β-unsaturated/α-hetero) is 1. The number of rotatable bonds is 15. The average molecular weight is 783 g/mol. The second-order valence-corrected chi connectivity index (χ2v) is 17.5. The highest BCUT2D eigenvalue weighted by Gasteiger charge is 2.47. The van der Waals surface area contributed by atoms with E-state index in [-0.39, 0.29) is 37.1 Å². The maximum absolute atomic E-state index is 14.5. The van der Waals surface area contributed by atoms with Crippen molar-refractivity contribution in [2.75, 3.05) is 27.2 Å². The first kappa shape index (κ1) is 44.2. The Balaban J connectivity index is 1.49. The van der Waals surface area contributed by atoms with E-state index in [1.165, 1.54) is 9.80 Å². The van der Waals surface area contributed by atoms with Gasteiger partial charge in [0, 0.05) is 27.1 Å². The van der Waals surface area contributed by atoms with Crippen molar-refractivity contribution < 1.29 is 43.0 Å². The van der Waals surface area contributed by atoms with E-state index in [0.717, 1.165) is 44.9 Å². The third-order valence-electron chi connectivity index (χ3n) is 10.1. The molecule has 3 aliphatic rings. The summed E-state index contributed by atoms with van der Waals surface area (Å²) in [4.78, 5) is 97.2. The summed E-state index contributed by atoms with van der Waals surface area (Å²) in [5.74, 6) is -4.13. The Morgan fingerprint density at radius 3 is 2.05 bits per heavy atom. The van der Waals surface area contributed by atoms with Crippen LogP contribution in [0, 0.1) is 11.8 Å². The molecule has 2 aliphatic carbocycles. The van der Waals surface area contributed by atoms with E-state index in [1.807, 2.05) is 20.8 Å². The van der Waals surface area contributed by atoms with Crippen LogP contribution in [-0.2, 0) is 38.2 Å². The second-order valence-electron chi connectivity index (χ2n) is 17.5. The van der Waals surface area contributed by atoms with Crippen LogP contribution in [-0.4, -0.2) is 114 Å². The SMILES string of the molecule is CN(C)C(=O)C(NC(=O)CNC(=O)C(=O)C(CC1CC1)NC(=O)C1CC(OC(C)(C)C)CN1C(=O)[C@@H](NC(=O)OC(C)(C)C)C1CCCCC1)c1ccccc1. The quantitative estimate of drug-likeness (QED) is 0.194. The van der Waals surface area contributed by atoms with Gasteiger partial charge in [0.2, 0.25) is 29.4 Å². The summed E-state index contributed by atoms with van der Waals surface area (Å²) in [6.45, 7) is 10.4. The van der Waals surface area contributed by atoms with Gasteiger partial charge in [0.15, 0.2) is 0 Å². The molecule has 4 rings (SSSR count). The molecule has 2 saturated carbocycles. The van der Waals surface area contributed by atoms with Crippen LogP contribution in [0.15, 0.2) is 30.3 Å². The van der Waals surface area contributed by atoms with E-state index in [9.17, 15) is 33.6 Å². The number of nitrogens with zero attached hydrogens (tertiary/aromatic N) is 2. The fraction of sp³-hybridized carbons (Fsp3) is 0.683. The molecular formula is C41H62N6O9. The lowest BCUT2D eigenvalue weighted by Crippen LogP contribution is -2.58. The van der Waals surface area contributed by atoms with Crippen LogP contribution in [0.5, 0.6) is 0 Å². The van der Waals surface area contributed by atoms with Gasteiger partial charge in [0.25, 0.3) is 5.91 Å². The van der Waals surface area contributed by atoms with Crippen molar-refractivity contribution in [1.82, 2.24) is 31.1 Å². The molecule has 3 fully saturated rings. The van der Waals surface area contributed by atoms with E-state index in [0.29, 0.717) is 5.56 Å². The van der Waals surface area contributed by atoms with E-state index in [1.54, 1.807) is 65.2 Å². The first-order valence-electron chi connectivity index (χ1n) is 19.9. The zero-order chi connectivity index (χ0) is 41.4. The third-order valence-corrected chi connectivity index (χ3v) is 10.1. The van der Waals surface area contributed by atoms with Gasteiger partial charge in [-0.3, -0.25) is 28.8 Å². The third kappa shape index (κ3) is 13.3. The Hall–Kier alpha value is -4.53. The molecule has 4 unspecified atom stereocenters. The van der Waals surface area contributed by atoms with Gasteiger partial charge < -0.3 is 40.5 Å². The number of ketones is 1. The lowest BCUT2D eigenvalue weighted by atomic mass is 9.83. The summed E-state index contributed by atoms with van der Waals surface area (Å²) in [6.07, 6.45) is 5.07. The van der Waals surface area contributed by atoms with E-state index >= 15 is 0 Å². The van der Waals surface area contributed by atoms with Crippen molar-refractivity contribution in [1.29, 1.82) is 0 Å². The number of amides is 6. The van der Waals surface area contributed by atoms with Gasteiger partial charge in [-0.05, 0) is 78.2 Å². The smallest absolute Gasteiger partial charge is 0.408 e. The summed E-state index contributed by atoms with van der Waals surface area (Å²) in [6, 6.07) is 4.45. The van der Waals surface area contributed by atoms with Crippen LogP contribution in [0.25, 0.3) is 0 Å². The summed E-state index contributed by atoms with van der Waals surface area (Å²) in [7, 11) is 3.13. The first-order valence-corrected chi connectivity index (χ1v) is 19.9. The minimum atomic E-state index is -1.21. The fourth-order valence-electron chi connectivity index (χ4n) is 7.33. The van der Waals surface area contributed by atoms with E-state index in [2.05, 4.69) is 21.3 Å². The minimum absolute atomic E-state index is 0.0878. The van der Waals surface area contributed by atoms with Crippen LogP contribution in [0.4, 0.5) is 4.79 Å². The lowest BCUT2D eigenvalue weighted by Gasteiger charge is -2.35. The molecule has 1 aromatic carbocycles. The summed E-state index contributed by atoms with van der Waals surface area (Å²) in [5.41, 5.74) is -0.826. The Morgan fingerprint density at radius 2 is 1.48 bits per heavy atom. The number of hydrogen-bond acceptors (Lipinski definition) is 9. The van der Waals surface area contributed by atoms with Crippen molar-refractivity contribution in [2.24, 2.45) is 11.8 Å². The predicted octanol–water partition coefficient (Wildman–Crippen LogP) is 3.16. The molecule has 0 radical (unpaired) electrons. The number of carbonyl (C=O) groups is 7. The van der Waals surface area contributed by atoms with Gasteiger partial charge in [-0.1, -0.05) is 62.4 Å². The maximum atomic E-state index is 14.5. The molecule has 4 N–H and O–H groups in total. The highest BCUT2D eigenvalue weighted by Crippen LogP contribution is 2.35. The number of nitrogens with one attached hydrogen (secondary N) is 4. The van der Waals surface area contributed by atoms with E-state index < -0.39 is 83.5 Å². The molecule has 1 aliphatic heterocycles.